The van der Waals surface area contributed by atoms with Gasteiger partial charge in [-0.25, -0.2) is 0 Å². The van der Waals surface area contributed by atoms with Gasteiger partial charge in [0.25, 0.3) is 0 Å². The van der Waals surface area contributed by atoms with E-state index in [9.17, 15) is 10.1 Å². The van der Waals surface area contributed by atoms with Crippen LogP contribution in [0.3, 0.4) is 0 Å². The van der Waals surface area contributed by atoms with Gasteiger partial charge in [-0.15, -0.1) is 0 Å². The lowest BCUT2D eigenvalue weighted by Crippen LogP contribution is -2.34. The van der Waals surface area contributed by atoms with Crippen molar-refractivity contribution in [3.63, 3.8) is 0 Å². The number of rotatable bonds is 7. The number of hydrogen-bond donors (Lipinski definition) is 1. The SMILES string of the molecule is Cc1cc(C)c(OCCC(C#N)NC(C)C)c([N+](=O)[O-])c1. The molecule has 0 aromatic heterocycles. The number of nitro benzene ring substituents is 1. The van der Waals surface area contributed by atoms with Crippen LogP contribution in [0, 0.1) is 35.3 Å². The molecule has 0 heterocycles. The summed E-state index contributed by atoms with van der Waals surface area (Å²) in [6.45, 7) is 7.76. The zero-order chi connectivity index (χ0) is 16.0. The molecule has 0 bridgehead atoms. The van der Waals surface area contributed by atoms with Crippen molar-refractivity contribution in [3.05, 3.63) is 33.4 Å². The molecule has 0 radical (unpaired) electrons. The predicted molar refractivity (Wildman–Crippen MR) is 80.4 cm³/mol. The first-order valence-corrected chi connectivity index (χ1v) is 6.89. The number of nitriles is 1. The number of nitrogens with one attached hydrogen (secondary N) is 1. The minimum absolute atomic E-state index is 0.0298. The van der Waals surface area contributed by atoms with Gasteiger partial charge >= 0.3 is 5.69 Å². The van der Waals surface area contributed by atoms with Crippen LogP contribution in [-0.4, -0.2) is 23.6 Å². The topological polar surface area (TPSA) is 88.2 Å². The standard InChI is InChI=1S/C15H21N3O3/c1-10(2)17-13(9-16)5-6-21-15-12(4)7-11(3)8-14(15)18(19)20/h7-8,10,13,17H,5-6H2,1-4H3. The summed E-state index contributed by atoms with van der Waals surface area (Å²) in [5.41, 5.74) is 1.52. The van der Waals surface area contributed by atoms with Gasteiger partial charge in [-0.2, -0.15) is 5.26 Å². The van der Waals surface area contributed by atoms with E-state index in [1.165, 1.54) is 6.07 Å². The molecule has 0 aliphatic carbocycles. The molecule has 0 saturated carbocycles. The van der Waals surface area contributed by atoms with E-state index in [0.29, 0.717) is 6.42 Å². The van der Waals surface area contributed by atoms with Gasteiger partial charge in [-0.3, -0.25) is 15.4 Å². The Morgan fingerprint density at radius 1 is 1.43 bits per heavy atom. The van der Waals surface area contributed by atoms with Gasteiger partial charge in [0.2, 0.25) is 0 Å². The van der Waals surface area contributed by atoms with Gasteiger partial charge in [0.05, 0.1) is 23.6 Å². The maximum atomic E-state index is 11.1. The van der Waals surface area contributed by atoms with Crippen LogP contribution < -0.4 is 10.1 Å². The van der Waals surface area contributed by atoms with E-state index in [1.54, 1.807) is 6.92 Å². The Morgan fingerprint density at radius 2 is 2.10 bits per heavy atom. The van der Waals surface area contributed by atoms with Crippen LogP contribution in [-0.2, 0) is 0 Å². The summed E-state index contributed by atoms with van der Waals surface area (Å²) in [4.78, 5) is 10.6. The van der Waals surface area contributed by atoms with E-state index >= 15 is 0 Å². The van der Waals surface area contributed by atoms with Crippen LogP contribution in [0.25, 0.3) is 0 Å². The number of aryl methyl sites for hydroxylation is 2. The fourth-order valence-corrected chi connectivity index (χ4v) is 2.12. The molecule has 0 saturated heterocycles. The van der Waals surface area contributed by atoms with Gasteiger partial charge in [0, 0.05) is 18.5 Å². The first kappa shape index (κ1) is 16.9. The molecule has 1 unspecified atom stereocenters. The van der Waals surface area contributed by atoms with E-state index in [4.69, 9.17) is 10.00 Å². The second-order valence-electron chi connectivity index (χ2n) is 5.33. The second-order valence-corrected chi connectivity index (χ2v) is 5.33. The Morgan fingerprint density at radius 3 is 2.62 bits per heavy atom. The highest BCUT2D eigenvalue weighted by atomic mass is 16.6. The predicted octanol–water partition coefficient (Wildman–Crippen LogP) is 2.87. The largest absolute Gasteiger partial charge is 0.487 e. The normalized spacial score (nSPS) is 12.0. The van der Waals surface area contributed by atoms with Gasteiger partial charge in [-0.05, 0) is 38.8 Å². The fourth-order valence-electron chi connectivity index (χ4n) is 2.12. The highest BCUT2D eigenvalue weighted by molar-refractivity contribution is 5.53. The van der Waals surface area contributed by atoms with Gasteiger partial charge in [0.15, 0.2) is 5.75 Å². The van der Waals surface area contributed by atoms with Crippen molar-refractivity contribution in [1.29, 1.82) is 5.26 Å². The quantitative estimate of drug-likeness (QED) is 0.616. The number of nitro groups is 1. The molecule has 6 heteroatoms. The van der Waals surface area contributed by atoms with Crippen LogP contribution in [0.2, 0.25) is 0 Å². The third kappa shape index (κ3) is 5.04. The first-order valence-electron chi connectivity index (χ1n) is 6.89. The number of nitrogens with zero attached hydrogens (tertiary/aromatic N) is 2. The van der Waals surface area contributed by atoms with E-state index in [-0.39, 0.29) is 30.1 Å². The second kappa shape index (κ2) is 7.60. The van der Waals surface area contributed by atoms with Crippen LogP contribution in [0.1, 0.15) is 31.4 Å². The van der Waals surface area contributed by atoms with Crippen LogP contribution in [0.4, 0.5) is 5.69 Å². The highest BCUT2D eigenvalue weighted by Gasteiger charge is 2.19. The maximum Gasteiger partial charge on any atom is 0.311 e. The summed E-state index contributed by atoms with van der Waals surface area (Å²) in [6, 6.07) is 5.37. The summed E-state index contributed by atoms with van der Waals surface area (Å²) < 4.78 is 5.57. The van der Waals surface area contributed by atoms with E-state index in [2.05, 4.69) is 11.4 Å². The van der Waals surface area contributed by atoms with Crippen molar-refractivity contribution in [3.8, 4) is 11.8 Å². The van der Waals surface area contributed by atoms with Gasteiger partial charge in [-0.1, -0.05) is 6.07 Å². The number of ether oxygens (including phenoxy) is 1. The van der Waals surface area contributed by atoms with Crippen molar-refractivity contribution in [1.82, 2.24) is 5.32 Å². The molecule has 0 fully saturated rings. The lowest BCUT2D eigenvalue weighted by Gasteiger charge is -2.15. The van der Waals surface area contributed by atoms with Crippen LogP contribution in [0.15, 0.2) is 12.1 Å². The molecule has 0 spiro atoms. The summed E-state index contributed by atoms with van der Waals surface area (Å²) in [7, 11) is 0. The van der Waals surface area contributed by atoms with Crippen molar-refractivity contribution in [2.24, 2.45) is 0 Å². The van der Waals surface area contributed by atoms with Gasteiger partial charge < -0.3 is 4.74 Å². The minimum Gasteiger partial charge on any atom is -0.487 e. The highest BCUT2D eigenvalue weighted by Crippen LogP contribution is 2.32. The Balaban J connectivity index is 2.76. The third-order valence-electron chi connectivity index (χ3n) is 2.94. The monoisotopic (exact) mass is 291 g/mol. The molecule has 6 nitrogen and oxygen atoms in total. The first-order chi connectivity index (χ1) is 9.85. The fraction of sp³-hybridized carbons (Fsp3) is 0.533. The third-order valence-corrected chi connectivity index (χ3v) is 2.94. The molecular weight excluding hydrogens is 270 g/mol. The number of benzene rings is 1. The molecule has 1 aromatic rings. The lowest BCUT2D eigenvalue weighted by molar-refractivity contribution is -0.386. The molecule has 0 aliphatic rings. The number of hydrogen-bond acceptors (Lipinski definition) is 5. The zero-order valence-corrected chi connectivity index (χ0v) is 12.8. The molecule has 1 aromatic carbocycles. The zero-order valence-electron chi connectivity index (χ0n) is 12.8. The molecule has 21 heavy (non-hydrogen) atoms. The molecule has 114 valence electrons. The molecule has 1 N–H and O–H groups in total. The van der Waals surface area contributed by atoms with Crippen molar-refractivity contribution >= 4 is 5.69 Å². The summed E-state index contributed by atoms with van der Waals surface area (Å²) in [5, 5.41) is 23.2. The lowest BCUT2D eigenvalue weighted by atomic mass is 10.1. The molecular formula is C15H21N3O3. The Labute approximate surface area is 124 Å². The molecule has 0 aliphatic heterocycles. The average molecular weight is 291 g/mol. The smallest absolute Gasteiger partial charge is 0.311 e. The van der Waals surface area contributed by atoms with E-state index in [0.717, 1.165) is 11.1 Å². The Hall–Kier alpha value is -2.13. The van der Waals surface area contributed by atoms with Gasteiger partial charge in [0.1, 0.15) is 0 Å². The Kier molecular flexibility index (Phi) is 6.12. The summed E-state index contributed by atoms with van der Waals surface area (Å²) in [5.74, 6) is 0.284. The average Bonchev–Trinajstić information content (AvgIpc) is 2.38. The van der Waals surface area contributed by atoms with E-state index in [1.807, 2.05) is 26.8 Å². The van der Waals surface area contributed by atoms with E-state index < -0.39 is 4.92 Å². The summed E-state index contributed by atoms with van der Waals surface area (Å²) in [6.07, 6.45) is 0.471. The minimum atomic E-state index is -0.441. The van der Waals surface area contributed by atoms with Crippen molar-refractivity contribution < 1.29 is 9.66 Å². The van der Waals surface area contributed by atoms with Crippen LogP contribution in [0.5, 0.6) is 5.75 Å². The molecule has 1 rings (SSSR count). The maximum absolute atomic E-state index is 11.1. The van der Waals surface area contributed by atoms with Crippen molar-refractivity contribution in [2.45, 2.75) is 46.2 Å². The molecule has 1 atom stereocenters. The van der Waals surface area contributed by atoms with Crippen molar-refractivity contribution in [2.75, 3.05) is 6.61 Å². The summed E-state index contributed by atoms with van der Waals surface area (Å²) >= 11 is 0. The van der Waals surface area contributed by atoms with Crippen LogP contribution >= 0.6 is 0 Å². The Bertz CT molecular complexity index is 550. The molecule has 0 amide bonds.